The summed E-state index contributed by atoms with van der Waals surface area (Å²) in [5, 5.41) is 1.06. The summed E-state index contributed by atoms with van der Waals surface area (Å²) in [6, 6.07) is 4.05. The molecule has 0 aromatic heterocycles. The van der Waals surface area contributed by atoms with Crippen molar-refractivity contribution in [3.05, 3.63) is 29.3 Å². The number of imide groups is 1. The van der Waals surface area contributed by atoms with E-state index < -0.39 is 27.1 Å². The minimum Gasteiger partial charge on any atom is -0.392 e. The number of sulfonamides is 1. The molecule has 2 amide bonds. The van der Waals surface area contributed by atoms with E-state index in [2.05, 4.69) is 22.3 Å². The molecular weight excluding hydrogens is 302 g/mol. The topological polar surface area (TPSA) is 118 Å². The van der Waals surface area contributed by atoms with Gasteiger partial charge in [-0.3, -0.25) is 19.6 Å². The molecule has 0 bridgehead atoms. The van der Waals surface area contributed by atoms with Gasteiger partial charge in [-0.15, -0.1) is 0 Å². The zero-order chi connectivity index (χ0) is 15.1. The van der Waals surface area contributed by atoms with Crippen molar-refractivity contribution in [1.82, 2.24) is 5.32 Å². The van der Waals surface area contributed by atoms with Gasteiger partial charge in [-0.25, -0.2) is 8.42 Å². The van der Waals surface area contributed by atoms with Crippen LogP contribution in [0.5, 0.6) is 0 Å². The average molecular weight is 313 g/mol. The standard InChI is InChI=1S/C11H11N3O4S2/c1-5(9(12)19)20(17,18)14-6-2-3-7-8(4-6)11(16)13-10(7)15/h2-5,14H,1H3,(H2,12,19)(H,13,15,16). The van der Waals surface area contributed by atoms with Crippen molar-refractivity contribution >= 4 is 44.7 Å². The fraction of sp³-hybridized carbons (Fsp3) is 0.182. The predicted octanol–water partition coefficient (Wildman–Crippen LogP) is -0.0135. The van der Waals surface area contributed by atoms with Crippen LogP contribution in [0.25, 0.3) is 0 Å². The number of hydrogen-bond donors (Lipinski definition) is 3. The van der Waals surface area contributed by atoms with Gasteiger partial charge >= 0.3 is 0 Å². The van der Waals surface area contributed by atoms with Crippen LogP contribution in [-0.2, 0) is 10.0 Å². The Morgan fingerprint density at radius 2 is 1.90 bits per heavy atom. The van der Waals surface area contributed by atoms with E-state index in [9.17, 15) is 18.0 Å². The van der Waals surface area contributed by atoms with Gasteiger partial charge in [-0.2, -0.15) is 0 Å². The fourth-order valence-electron chi connectivity index (χ4n) is 1.64. The van der Waals surface area contributed by atoms with Gasteiger partial charge in [0.2, 0.25) is 10.0 Å². The second kappa shape index (κ2) is 4.84. The largest absolute Gasteiger partial charge is 0.392 e. The Morgan fingerprint density at radius 3 is 2.50 bits per heavy atom. The van der Waals surface area contributed by atoms with Crippen molar-refractivity contribution in [2.24, 2.45) is 5.73 Å². The molecule has 0 aliphatic carbocycles. The van der Waals surface area contributed by atoms with Crippen LogP contribution in [-0.4, -0.2) is 30.5 Å². The number of anilines is 1. The second-order valence-corrected chi connectivity index (χ2v) is 6.71. The van der Waals surface area contributed by atoms with Crippen LogP contribution in [0.3, 0.4) is 0 Å². The van der Waals surface area contributed by atoms with Crippen LogP contribution >= 0.6 is 12.2 Å². The molecular formula is C11H11N3O4S2. The Kier molecular flexibility index (Phi) is 3.48. The van der Waals surface area contributed by atoms with Crippen LogP contribution < -0.4 is 15.8 Å². The van der Waals surface area contributed by atoms with Crippen LogP contribution in [0, 0.1) is 0 Å². The first-order chi connectivity index (χ1) is 9.22. The lowest BCUT2D eigenvalue weighted by molar-refractivity contribution is 0.0879. The molecule has 0 fully saturated rings. The van der Waals surface area contributed by atoms with Crippen molar-refractivity contribution in [1.29, 1.82) is 0 Å². The summed E-state index contributed by atoms with van der Waals surface area (Å²) in [5.41, 5.74) is 5.81. The molecule has 1 unspecified atom stereocenters. The van der Waals surface area contributed by atoms with Gasteiger partial charge in [-0.05, 0) is 25.1 Å². The molecule has 106 valence electrons. The van der Waals surface area contributed by atoms with Crippen molar-refractivity contribution in [3.8, 4) is 0 Å². The molecule has 1 aliphatic heterocycles. The van der Waals surface area contributed by atoms with Crippen molar-refractivity contribution < 1.29 is 18.0 Å². The maximum Gasteiger partial charge on any atom is 0.259 e. The first-order valence-electron chi connectivity index (χ1n) is 5.53. The lowest BCUT2D eigenvalue weighted by atomic mass is 10.1. The number of amides is 2. The van der Waals surface area contributed by atoms with E-state index in [4.69, 9.17) is 5.73 Å². The molecule has 1 aromatic carbocycles. The van der Waals surface area contributed by atoms with E-state index in [1.807, 2.05) is 0 Å². The minimum absolute atomic E-state index is 0.123. The van der Waals surface area contributed by atoms with E-state index in [1.54, 1.807) is 0 Å². The van der Waals surface area contributed by atoms with Crippen LogP contribution in [0.4, 0.5) is 5.69 Å². The van der Waals surface area contributed by atoms with Gasteiger partial charge in [0.15, 0.2) is 0 Å². The van der Waals surface area contributed by atoms with E-state index >= 15 is 0 Å². The third-order valence-electron chi connectivity index (χ3n) is 2.86. The normalized spacial score (nSPS) is 15.4. The van der Waals surface area contributed by atoms with Crippen molar-refractivity contribution in [2.45, 2.75) is 12.2 Å². The fourth-order valence-corrected chi connectivity index (χ4v) is 2.96. The monoisotopic (exact) mass is 313 g/mol. The number of rotatable bonds is 4. The molecule has 20 heavy (non-hydrogen) atoms. The number of hydrogen-bond acceptors (Lipinski definition) is 5. The molecule has 1 aliphatic rings. The predicted molar refractivity (Wildman–Crippen MR) is 77.0 cm³/mol. The summed E-state index contributed by atoms with van der Waals surface area (Å²) >= 11 is 4.65. The first-order valence-corrected chi connectivity index (χ1v) is 7.48. The number of thiocarbonyl (C=S) groups is 1. The van der Waals surface area contributed by atoms with Crippen LogP contribution in [0.2, 0.25) is 0 Å². The highest BCUT2D eigenvalue weighted by atomic mass is 32.2. The Morgan fingerprint density at radius 1 is 1.30 bits per heavy atom. The van der Waals surface area contributed by atoms with E-state index in [0.29, 0.717) is 0 Å². The molecule has 7 nitrogen and oxygen atoms in total. The highest BCUT2D eigenvalue weighted by Gasteiger charge is 2.28. The maximum absolute atomic E-state index is 11.9. The SMILES string of the molecule is CC(C(N)=S)S(=O)(=O)Nc1ccc2c(c1)C(=O)NC2=O. The molecule has 1 aromatic rings. The Labute approximate surface area is 120 Å². The molecule has 0 radical (unpaired) electrons. The zero-order valence-electron chi connectivity index (χ0n) is 10.3. The highest BCUT2D eigenvalue weighted by molar-refractivity contribution is 7.95. The quantitative estimate of drug-likeness (QED) is 0.531. The molecule has 4 N–H and O–H groups in total. The van der Waals surface area contributed by atoms with Gasteiger partial charge < -0.3 is 5.73 Å². The third-order valence-corrected chi connectivity index (χ3v) is 5.07. The van der Waals surface area contributed by atoms with Gasteiger partial charge in [0.25, 0.3) is 11.8 Å². The summed E-state index contributed by atoms with van der Waals surface area (Å²) in [6.07, 6.45) is 0. The molecule has 2 rings (SSSR count). The number of carbonyl (C=O) groups is 2. The zero-order valence-corrected chi connectivity index (χ0v) is 12.0. The van der Waals surface area contributed by atoms with Gasteiger partial charge in [0.05, 0.1) is 16.1 Å². The third kappa shape index (κ3) is 2.49. The van der Waals surface area contributed by atoms with Gasteiger partial charge in [-0.1, -0.05) is 12.2 Å². The number of fused-ring (bicyclic) bond motifs is 1. The Hall–Kier alpha value is -2.00. The maximum atomic E-state index is 11.9. The number of nitrogens with one attached hydrogen (secondary N) is 2. The summed E-state index contributed by atoms with van der Waals surface area (Å²) in [7, 11) is -3.79. The van der Waals surface area contributed by atoms with Crippen molar-refractivity contribution in [2.75, 3.05) is 4.72 Å². The van der Waals surface area contributed by atoms with E-state index in [1.165, 1.54) is 25.1 Å². The summed E-state index contributed by atoms with van der Waals surface area (Å²) < 4.78 is 26.2. The summed E-state index contributed by atoms with van der Waals surface area (Å²) in [4.78, 5) is 22.7. The average Bonchev–Trinajstić information content (AvgIpc) is 2.63. The molecule has 9 heteroatoms. The summed E-state index contributed by atoms with van der Waals surface area (Å²) in [5.74, 6) is -1.07. The molecule has 1 heterocycles. The molecule has 0 saturated heterocycles. The summed E-state index contributed by atoms with van der Waals surface area (Å²) in [6.45, 7) is 1.36. The minimum atomic E-state index is -3.79. The molecule has 0 spiro atoms. The van der Waals surface area contributed by atoms with Crippen LogP contribution in [0.15, 0.2) is 18.2 Å². The smallest absolute Gasteiger partial charge is 0.259 e. The molecule has 1 atom stereocenters. The van der Waals surface area contributed by atoms with Crippen LogP contribution in [0.1, 0.15) is 27.6 Å². The van der Waals surface area contributed by atoms with Gasteiger partial charge in [0.1, 0.15) is 5.25 Å². The van der Waals surface area contributed by atoms with Gasteiger partial charge in [0, 0.05) is 5.69 Å². The van der Waals surface area contributed by atoms with E-state index in [-0.39, 0.29) is 21.8 Å². The lowest BCUT2D eigenvalue weighted by Gasteiger charge is -2.13. The number of nitrogens with two attached hydrogens (primary N) is 1. The van der Waals surface area contributed by atoms with Crippen molar-refractivity contribution in [3.63, 3.8) is 0 Å². The number of carbonyl (C=O) groups excluding carboxylic acids is 2. The molecule has 0 saturated carbocycles. The second-order valence-electron chi connectivity index (χ2n) is 4.24. The number of benzene rings is 1. The Balaban J connectivity index is 2.33. The van der Waals surface area contributed by atoms with E-state index in [0.717, 1.165) is 0 Å². The lowest BCUT2D eigenvalue weighted by Crippen LogP contribution is -2.35. The first kappa shape index (κ1) is 14.4. The highest BCUT2D eigenvalue weighted by Crippen LogP contribution is 2.21. The Bertz CT molecular complexity index is 727.